The first-order valence-corrected chi connectivity index (χ1v) is 12.1. The summed E-state index contributed by atoms with van der Waals surface area (Å²) in [4.78, 5) is 32.9. The van der Waals surface area contributed by atoms with E-state index in [9.17, 15) is 14.0 Å². The summed E-state index contributed by atoms with van der Waals surface area (Å²) in [5, 5.41) is 0.802. The predicted octanol–water partition coefficient (Wildman–Crippen LogP) is 4.90. The molecule has 1 saturated heterocycles. The molecule has 0 aliphatic carbocycles. The molecule has 0 radical (unpaired) electrons. The van der Waals surface area contributed by atoms with Gasteiger partial charge in [0, 0.05) is 54.8 Å². The zero-order valence-electron chi connectivity index (χ0n) is 20.2. The fraction of sp³-hybridized carbons (Fsp3) is 0.241. The SMILES string of the molecule is COc1ccc(C(=O)N2CCN(C(=O)CCc3c(-c4ccccc4)[nH]c4ccc(F)cc34)CC2)cc1. The molecule has 184 valence electrons. The highest BCUT2D eigenvalue weighted by molar-refractivity contribution is 5.94. The third kappa shape index (κ3) is 4.82. The van der Waals surface area contributed by atoms with Gasteiger partial charge in [-0.1, -0.05) is 30.3 Å². The van der Waals surface area contributed by atoms with Gasteiger partial charge >= 0.3 is 0 Å². The highest BCUT2D eigenvalue weighted by atomic mass is 19.1. The number of aryl methyl sites for hydroxylation is 1. The molecule has 4 aromatic rings. The van der Waals surface area contributed by atoms with E-state index in [1.165, 1.54) is 12.1 Å². The van der Waals surface area contributed by atoms with Crippen LogP contribution in [-0.2, 0) is 11.2 Å². The van der Waals surface area contributed by atoms with Gasteiger partial charge in [0.15, 0.2) is 0 Å². The maximum absolute atomic E-state index is 14.1. The second kappa shape index (κ2) is 10.2. The van der Waals surface area contributed by atoms with Crippen LogP contribution in [0.15, 0.2) is 72.8 Å². The number of aromatic nitrogens is 1. The van der Waals surface area contributed by atoms with Crippen molar-refractivity contribution in [1.82, 2.24) is 14.8 Å². The van der Waals surface area contributed by atoms with E-state index in [1.54, 1.807) is 42.3 Å². The molecule has 0 spiro atoms. The molecule has 0 bridgehead atoms. The lowest BCUT2D eigenvalue weighted by molar-refractivity contribution is -0.132. The molecule has 0 saturated carbocycles. The van der Waals surface area contributed by atoms with Crippen molar-refractivity contribution in [2.24, 2.45) is 0 Å². The Balaban J connectivity index is 1.25. The zero-order valence-corrected chi connectivity index (χ0v) is 20.2. The average molecular weight is 486 g/mol. The first kappa shape index (κ1) is 23.6. The number of nitrogens with zero attached hydrogens (tertiary/aromatic N) is 2. The number of ether oxygens (including phenoxy) is 1. The fourth-order valence-corrected chi connectivity index (χ4v) is 4.80. The third-order valence-corrected chi connectivity index (χ3v) is 6.78. The van der Waals surface area contributed by atoms with Crippen molar-refractivity contribution >= 4 is 22.7 Å². The van der Waals surface area contributed by atoms with Crippen LogP contribution >= 0.6 is 0 Å². The molecule has 6 nitrogen and oxygen atoms in total. The summed E-state index contributed by atoms with van der Waals surface area (Å²) in [6.45, 7) is 1.97. The Morgan fingerprint density at radius 2 is 1.61 bits per heavy atom. The summed E-state index contributed by atoms with van der Waals surface area (Å²) in [5.41, 5.74) is 4.32. The van der Waals surface area contributed by atoms with Gasteiger partial charge in [0.25, 0.3) is 5.91 Å². The Morgan fingerprint density at radius 3 is 2.31 bits per heavy atom. The van der Waals surface area contributed by atoms with Gasteiger partial charge in [0.2, 0.25) is 5.91 Å². The number of H-pyrrole nitrogens is 1. The number of rotatable bonds is 6. The lowest BCUT2D eigenvalue weighted by Crippen LogP contribution is -2.50. The van der Waals surface area contributed by atoms with Crippen molar-refractivity contribution in [3.05, 3.63) is 89.7 Å². The van der Waals surface area contributed by atoms with Crippen LogP contribution in [0.1, 0.15) is 22.3 Å². The minimum Gasteiger partial charge on any atom is -0.497 e. The number of aromatic amines is 1. The normalized spacial score (nSPS) is 13.7. The number of halogens is 1. The number of carbonyl (C=O) groups excluding carboxylic acids is 2. The molecule has 0 atom stereocenters. The molecule has 1 fully saturated rings. The second-order valence-electron chi connectivity index (χ2n) is 8.94. The van der Waals surface area contributed by atoms with E-state index in [1.807, 2.05) is 35.2 Å². The van der Waals surface area contributed by atoms with Crippen molar-refractivity contribution in [1.29, 1.82) is 0 Å². The standard InChI is InChI=1S/C29H28FN3O3/c1-36-23-10-7-21(8-11-23)29(35)33-17-15-32(16-18-33)27(34)14-12-24-25-19-22(30)9-13-26(25)31-28(24)20-5-3-2-4-6-20/h2-11,13,19,31H,12,14-18H2,1H3. The quantitative estimate of drug-likeness (QED) is 0.423. The van der Waals surface area contributed by atoms with E-state index in [4.69, 9.17) is 4.74 Å². The van der Waals surface area contributed by atoms with Crippen LogP contribution in [0.3, 0.4) is 0 Å². The maximum atomic E-state index is 14.1. The summed E-state index contributed by atoms with van der Waals surface area (Å²) >= 11 is 0. The molecule has 2 heterocycles. The summed E-state index contributed by atoms with van der Waals surface area (Å²) in [6.07, 6.45) is 0.813. The highest BCUT2D eigenvalue weighted by Gasteiger charge is 2.25. The fourth-order valence-electron chi connectivity index (χ4n) is 4.80. The Bertz CT molecular complexity index is 1370. The number of amides is 2. The van der Waals surface area contributed by atoms with Gasteiger partial charge in [-0.3, -0.25) is 9.59 Å². The Hall–Kier alpha value is -4.13. The summed E-state index contributed by atoms with van der Waals surface area (Å²) in [5.74, 6) is 0.399. The van der Waals surface area contributed by atoms with Gasteiger partial charge in [0.05, 0.1) is 7.11 Å². The molecule has 3 aromatic carbocycles. The number of nitrogens with one attached hydrogen (secondary N) is 1. The van der Waals surface area contributed by atoms with Crippen molar-refractivity contribution in [3.8, 4) is 17.0 Å². The average Bonchev–Trinajstić information content (AvgIpc) is 3.29. The van der Waals surface area contributed by atoms with E-state index in [-0.39, 0.29) is 17.6 Å². The topological polar surface area (TPSA) is 65.6 Å². The Kier molecular flexibility index (Phi) is 6.71. The van der Waals surface area contributed by atoms with Crippen LogP contribution in [0.5, 0.6) is 5.75 Å². The van der Waals surface area contributed by atoms with E-state index >= 15 is 0 Å². The zero-order chi connectivity index (χ0) is 25.1. The lowest BCUT2D eigenvalue weighted by Gasteiger charge is -2.35. The van der Waals surface area contributed by atoms with Crippen molar-refractivity contribution in [2.75, 3.05) is 33.3 Å². The molecular weight excluding hydrogens is 457 g/mol. The van der Waals surface area contributed by atoms with Gasteiger partial charge in [-0.15, -0.1) is 0 Å². The van der Waals surface area contributed by atoms with Crippen LogP contribution in [0, 0.1) is 5.82 Å². The largest absolute Gasteiger partial charge is 0.497 e. The molecule has 1 aromatic heterocycles. The number of benzene rings is 3. The van der Waals surface area contributed by atoms with Crippen LogP contribution in [0.25, 0.3) is 22.2 Å². The number of hydrogen-bond acceptors (Lipinski definition) is 3. The molecular formula is C29H28FN3O3. The number of hydrogen-bond donors (Lipinski definition) is 1. The summed E-state index contributed by atoms with van der Waals surface area (Å²) in [6, 6.07) is 21.6. The first-order chi connectivity index (χ1) is 17.5. The van der Waals surface area contributed by atoms with Gasteiger partial charge in [-0.2, -0.15) is 0 Å². The van der Waals surface area contributed by atoms with Gasteiger partial charge in [0.1, 0.15) is 11.6 Å². The van der Waals surface area contributed by atoms with Crippen LogP contribution in [-0.4, -0.2) is 59.9 Å². The van der Waals surface area contributed by atoms with Crippen molar-refractivity contribution < 1.29 is 18.7 Å². The summed E-state index contributed by atoms with van der Waals surface area (Å²) < 4.78 is 19.2. The monoisotopic (exact) mass is 485 g/mol. The van der Waals surface area contributed by atoms with Crippen molar-refractivity contribution in [3.63, 3.8) is 0 Å². The van der Waals surface area contributed by atoms with E-state index in [2.05, 4.69) is 4.98 Å². The molecule has 0 unspecified atom stereocenters. The van der Waals surface area contributed by atoms with Gasteiger partial charge in [-0.25, -0.2) is 4.39 Å². The molecule has 1 aliphatic heterocycles. The van der Waals surface area contributed by atoms with Gasteiger partial charge < -0.3 is 19.5 Å². The van der Waals surface area contributed by atoms with Crippen LogP contribution in [0.4, 0.5) is 4.39 Å². The number of fused-ring (bicyclic) bond motifs is 1. The number of methoxy groups -OCH3 is 1. The number of piperazine rings is 1. The van der Waals surface area contributed by atoms with Gasteiger partial charge in [-0.05, 0) is 60.0 Å². The number of carbonyl (C=O) groups is 2. The molecule has 2 amide bonds. The molecule has 1 aliphatic rings. The van der Waals surface area contributed by atoms with Crippen molar-refractivity contribution in [2.45, 2.75) is 12.8 Å². The minimum absolute atomic E-state index is 0.0383. The Morgan fingerprint density at radius 1 is 0.917 bits per heavy atom. The highest BCUT2D eigenvalue weighted by Crippen LogP contribution is 2.32. The first-order valence-electron chi connectivity index (χ1n) is 12.1. The molecule has 7 heteroatoms. The Labute approximate surface area is 209 Å². The maximum Gasteiger partial charge on any atom is 0.253 e. The third-order valence-electron chi connectivity index (χ3n) is 6.78. The van der Waals surface area contributed by atoms with Crippen LogP contribution < -0.4 is 4.74 Å². The smallest absolute Gasteiger partial charge is 0.253 e. The van der Waals surface area contributed by atoms with E-state index in [0.717, 1.165) is 27.7 Å². The predicted molar refractivity (Wildman–Crippen MR) is 137 cm³/mol. The summed E-state index contributed by atoms with van der Waals surface area (Å²) in [7, 11) is 1.59. The lowest BCUT2D eigenvalue weighted by atomic mass is 10.0. The van der Waals surface area contributed by atoms with E-state index < -0.39 is 0 Å². The molecule has 1 N–H and O–H groups in total. The molecule has 5 rings (SSSR count). The second-order valence-corrected chi connectivity index (χ2v) is 8.94. The minimum atomic E-state index is -0.300. The molecule has 36 heavy (non-hydrogen) atoms. The van der Waals surface area contributed by atoms with E-state index in [0.29, 0.717) is 50.3 Å². The van der Waals surface area contributed by atoms with Crippen LogP contribution in [0.2, 0.25) is 0 Å².